The fourth-order valence-corrected chi connectivity index (χ4v) is 3.56. The Bertz CT molecular complexity index is 985. The number of aromatic amines is 1. The Morgan fingerprint density at radius 3 is 2.92 bits per heavy atom. The zero-order valence-electron chi connectivity index (χ0n) is 13.9. The quantitative estimate of drug-likeness (QED) is 0.660. The van der Waals surface area contributed by atoms with E-state index in [1.165, 1.54) is 6.07 Å². The maximum Gasteiger partial charge on any atom is 0.257 e. The van der Waals surface area contributed by atoms with Crippen molar-refractivity contribution >= 4 is 28.4 Å². The van der Waals surface area contributed by atoms with Crippen LogP contribution in [0.25, 0.3) is 10.9 Å². The lowest BCUT2D eigenvalue weighted by atomic mass is 10.0. The molecule has 7 heteroatoms. The van der Waals surface area contributed by atoms with E-state index in [-0.39, 0.29) is 23.8 Å². The summed E-state index contributed by atoms with van der Waals surface area (Å²) in [6.45, 7) is 0.773. The van der Waals surface area contributed by atoms with E-state index in [2.05, 4.69) is 10.2 Å². The van der Waals surface area contributed by atoms with E-state index in [4.69, 9.17) is 11.6 Å². The Hall–Kier alpha value is -2.57. The van der Waals surface area contributed by atoms with Gasteiger partial charge in [-0.1, -0.05) is 23.7 Å². The van der Waals surface area contributed by atoms with E-state index in [9.17, 15) is 15.0 Å². The first-order chi connectivity index (χ1) is 12.5. The summed E-state index contributed by atoms with van der Waals surface area (Å²) in [6.07, 6.45) is 0.610. The molecule has 1 amide bonds. The Kier molecular flexibility index (Phi) is 4.30. The highest BCUT2D eigenvalue weighted by molar-refractivity contribution is 6.30. The highest BCUT2D eigenvalue weighted by atomic mass is 35.5. The zero-order valence-corrected chi connectivity index (χ0v) is 14.7. The van der Waals surface area contributed by atoms with Gasteiger partial charge >= 0.3 is 0 Å². The molecule has 1 atom stereocenters. The molecule has 4 rings (SSSR count). The Morgan fingerprint density at radius 1 is 1.35 bits per heavy atom. The van der Waals surface area contributed by atoms with E-state index >= 15 is 0 Å². The van der Waals surface area contributed by atoms with Crippen molar-refractivity contribution in [1.29, 1.82) is 0 Å². The van der Waals surface area contributed by atoms with E-state index in [1.54, 1.807) is 11.0 Å². The molecule has 1 aliphatic rings. The van der Waals surface area contributed by atoms with Gasteiger partial charge in [-0.15, -0.1) is 0 Å². The number of carbonyl (C=O) groups excluding carboxylic acids is 1. The van der Waals surface area contributed by atoms with Crippen LogP contribution in [0.1, 0.15) is 28.0 Å². The maximum absolute atomic E-state index is 12.7. The van der Waals surface area contributed by atoms with Gasteiger partial charge in [-0.3, -0.25) is 9.89 Å². The number of phenolic OH excluding ortho intramolecular Hbond substituents is 1. The minimum atomic E-state index is -0.503. The number of rotatable bonds is 3. The van der Waals surface area contributed by atoms with Crippen molar-refractivity contribution < 1.29 is 15.0 Å². The number of H-pyrrole nitrogens is 1. The molecule has 1 fully saturated rings. The van der Waals surface area contributed by atoms with E-state index in [0.29, 0.717) is 29.9 Å². The minimum absolute atomic E-state index is 0.0955. The molecule has 0 radical (unpaired) electrons. The number of hydrogen-bond acceptors (Lipinski definition) is 4. The predicted octanol–water partition coefficient (Wildman–Crippen LogP) is 2.72. The number of amides is 1. The molecule has 2 heterocycles. The van der Waals surface area contributed by atoms with E-state index in [0.717, 1.165) is 16.6 Å². The van der Waals surface area contributed by atoms with Gasteiger partial charge in [0, 0.05) is 36.0 Å². The lowest BCUT2D eigenvalue weighted by Gasteiger charge is -2.16. The first-order valence-electron chi connectivity index (χ1n) is 8.43. The summed E-state index contributed by atoms with van der Waals surface area (Å²) in [5, 5.41) is 28.6. The Balaban J connectivity index is 1.69. The second-order valence-corrected chi connectivity index (χ2v) is 7.02. The van der Waals surface area contributed by atoms with E-state index < -0.39 is 6.10 Å². The first-order valence-corrected chi connectivity index (χ1v) is 8.81. The average Bonchev–Trinajstić information content (AvgIpc) is 3.20. The summed E-state index contributed by atoms with van der Waals surface area (Å²) in [7, 11) is 0. The third-order valence-corrected chi connectivity index (χ3v) is 4.93. The van der Waals surface area contributed by atoms with Crippen molar-refractivity contribution in [1.82, 2.24) is 15.1 Å². The fourth-order valence-electron chi connectivity index (χ4n) is 3.35. The van der Waals surface area contributed by atoms with Crippen molar-refractivity contribution in [3.05, 3.63) is 58.2 Å². The molecule has 0 aliphatic carbocycles. The number of benzene rings is 2. The van der Waals surface area contributed by atoms with Crippen molar-refractivity contribution in [2.45, 2.75) is 18.9 Å². The molecule has 134 valence electrons. The molecule has 0 spiro atoms. The lowest BCUT2D eigenvalue weighted by Crippen LogP contribution is -2.29. The van der Waals surface area contributed by atoms with Crippen LogP contribution < -0.4 is 0 Å². The number of nitrogens with one attached hydrogen (secondary N) is 1. The molecule has 0 unspecified atom stereocenters. The summed E-state index contributed by atoms with van der Waals surface area (Å²) < 4.78 is 0. The Morgan fingerprint density at radius 2 is 2.19 bits per heavy atom. The van der Waals surface area contributed by atoms with Crippen LogP contribution in [0.4, 0.5) is 0 Å². The van der Waals surface area contributed by atoms with Gasteiger partial charge in [-0.2, -0.15) is 5.10 Å². The first kappa shape index (κ1) is 16.9. The van der Waals surface area contributed by atoms with Crippen LogP contribution in [0.15, 0.2) is 36.4 Å². The summed E-state index contributed by atoms with van der Waals surface area (Å²) >= 11 is 6.04. The number of hydrogen-bond donors (Lipinski definition) is 3. The number of carbonyl (C=O) groups is 1. The molecule has 0 saturated carbocycles. The second-order valence-electron chi connectivity index (χ2n) is 6.59. The molecule has 2 aromatic carbocycles. The van der Waals surface area contributed by atoms with Crippen LogP contribution in [-0.2, 0) is 6.42 Å². The topological polar surface area (TPSA) is 89.5 Å². The molecule has 26 heavy (non-hydrogen) atoms. The van der Waals surface area contributed by atoms with Gasteiger partial charge in [0.1, 0.15) is 5.75 Å². The number of phenols is 1. The van der Waals surface area contributed by atoms with Gasteiger partial charge in [0.25, 0.3) is 5.91 Å². The monoisotopic (exact) mass is 371 g/mol. The van der Waals surface area contributed by atoms with Crippen LogP contribution >= 0.6 is 11.6 Å². The number of aromatic nitrogens is 2. The molecular weight excluding hydrogens is 354 g/mol. The van der Waals surface area contributed by atoms with Gasteiger partial charge in [0.15, 0.2) is 0 Å². The van der Waals surface area contributed by atoms with Crippen LogP contribution in [0, 0.1) is 0 Å². The summed E-state index contributed by atoms with van der Waals surface area (Å²) in [5.74, 6) is -0.377. The molecule has 3 N–H and O–H groups in total. The number of β-amino-alcohol motifs (C(OH)–C–C–N with tert-alkyl or cyclic N) is 1. The highest BCUT2D eigenvalue weighted by Crippen LogP contribution is 2.29. The lowest BCUT2D eigenvalue weighted by molar-refractivity contribution is 0.0762. The van der Waals surface area contributed by atoms with Crippen molar-refractivity contribution in [2.75, 3.05) is 13.1 Å². The fraction of sp³-hybridized carbons (Fsp3) is 0.263. The third-order valence-electron chi connectivity index (χ3n) is 4.70. The number of aliphatic hydroxyl groups excluding tert-OH is 1. The summed E-state index contributed by atoms with van der Waals surface area (Å²) in [4.78, 5) is 14.3. The van der Waals surface area contributed by atoms with Crippen molar-refractivity contribution in [3.8, 4) is 5.75 Å². The van der Waals surface area contributed by atoms with Crippen LogP contribution in [0.5, 0.6) is 5.75 Å². The summed E-state index contributed by atoms with van der Waals surface area (Å²) in [6, 6.07) is 10.7. The second kappa shape index (κ2) is 6.63. The van der Waals surface area contributed by atoms with Gasteiger partial charge in [0.05, 0.1) is 22.9 Å². The van der Waals surface area contributed by atoms with Crippen molar-refractivity contribution in [3.63, 3.8) is 0 Å². The zero-order chi connectivity index (χ0) is 18.3. The average molecular weight is 372 g/mol. The number of aliphatic hydroxyl groups is 1. The van der Waals surface area contributed by atoms with Gasteiger partial charge < -0.3 is 15.1 Å². The molecular formula is C19H18ClN3O3. The van der Waals surface area contributed by atoms with Gasteiger partial charge in [-0.25, -0.2) is 0 Å². The summed E-state index contributed by atoms with van der Waals surface area (Å²) in [5.41, 5.74) is 2.67. The maximum atomic E-state index is 12.7. The van der Waals surface area contributed by atoms with Crippen LogP contribution in [0.3, 0.4) is 0 Å². The van der Waals surface area contributed by atoms with Crippen LogP contribution in [-0.4, -0.2) is 50.4 Å². The normalized spacial score (nSPS) is 17.2. The largest absolute Gasteiger partial charge is 0.507 e. The van der Waals surface area contributed by atoms with Crippen LogP contribution in [0.2, 0.25) is 5.02 Å². The minimum Gasteiger partial charge on any atom is -0.507 e. The molecule has 3 aromatic rings. The van der Waals surface area contributed by atoms with Gasteiger partial charge in [-0.05, 0) is 30.2 Å². The third kappa shape index (κ3) is 3.13. The number of aromatic hydroxyl groups is 1. The SMILES string of the molecule is O=C(c1cc2c(Cc3cccc(Cl)c3)n[nH]c2cc1O)N1CC[C@@H](O)C1. The number of fused-ring (bicyclic) bond motifs is 1. The molecule has 1 aromatic heterocycles. The number of nitrogens with zero attached hydrogens (tertiary/aromatic N) is 2. The molecule has 1 saturated heterocycles. The molecule has 0 bridgehead atoms. The predicted molar refractivity (Wildman–Crippen MR) is 98.5 cm³/mol. The van der Waals surface area contributed by atoms with Gasteiger partial charge in [0.2, 0.25) is 0 Å². The molecule has 1 aliphatic heterocycles. The highest BCUT2D eigenvalue weighted by Gasteiger charge is 2.27. The number of halogens is 1. The van der Waals surface area contributed by atoms with Crippen molar-refractivity contribution in [2.24, 2.45) is 0 Å². The Labute approximate surface area is 155 Å². The molecule has 6 nitrogen and oxygen atoms in total. The van der Waals surface area contributed by atoms with E-state index in [1.807, 2.05) is 24.3 Å². The number of likely N-dealkylation sites (tertiary alicyclic amines) is 1. The smallest absolute Gasteiger partial charge is 0.257 e. The standard InChI is InChI=1S/C19H18ClN3O3/c20-12-3-1-2-11(6-12)7-16-14-8-15(18(25)9-17(14)22-21-16)19(26)23-5-4-13(24)10-23/h1-3,6,8-9,13,24-25H,4-5,7,10H2,(H,21,22)/t13-/m1/s1.